The first-order valence-electron chi connectivity index (χ1n) is 8.57. The fourth-order valence-corrected chi connectivity index (χ4v) is 4.09. The van der Waals surface area contributed by atoms with E-state index < -0.39 is 0 Å². The van der Waals surface area contributed by atoms with Crippen molar-refractivity contribution < 1.29 is 4.74 Å². The Morgan fingerprint density at radius 3 is 2.60 bits per heavy atom. The van der Waals surface area contributed by atoms with Gasteiger partial charge in [-0.15, -0.1) is 0 Å². The molecule has 0 aromatic carbocycles. The van der Waals surface area contributed by atoms with Crippen molar-refractivity contribution in [1.82, 2.24) is 10.2 Å². The Labute approximate surface area is 125 Å². The molecule has 2 aliphatic heterocycles. The molecule has 0 aliphatic carbocycles. The smallest absolute Gasteiger partial charge is 0.0531 e. The van der Waals surface area contributed by atoms with E-state index in [2.05, 4.69) is 24.1 Å². The number of nitrogens with one attached hydrogen (secondary N) is 1. The maximum absolute atomic E-state index is 5.56. The van der Waals surface area contributed by atoms with Crippen LogP contribution in [0, 0.1) is 17.3 Å². The van der Waals surface area contributed by atoms with Gasteiger partial charge in [0.15, 0.2) is 0 Å². The van der Waals surface area contributed by atoms with E-state index in [1.54, 1.807) is 0 Å². The van der Waals surface area contributed by atoms with Gasteiger partial charge in [-0.05, 0) is 70.1 Å². The van der Waals surface area contributed by atoms with Crippen LogP contribution in [-0.2, 0) is 4.74 Å². The Hall–Kier alpha value is -0.120. The Bertz CT molecular complexity index is 269. The topological polar surface area (TPSA) is 24.5 Å². The van der Waals surface area contributed by atoms with Gasteiger partial charge in [0.1, 0.15) is 0 Å². The van der Waals surface area contributed by atoms with Crippen molar-refractivity contribution in [2.45, 2.75) is 46.0 Å². The van der Waals surface area contributed by atoms with Crippen LogP contribution >= 0.6 is 0 Å². The molecule has 3 nitrogen and oxygen atoms in total. The summed E-state index contributed by atoms with van der Waals surface area (Å²) in [5.74, 6) is 1.79. The molecule has 20 heavy (non-hydrogen) atoms. The van der Waals surface area contributed by atoms with Crippen LogP contribution in [0.1, 0.15) is 46.0 Å². The number of likely N-dealkylation sites (tertiary alicyclic amines) is 1. The van der Waals surface area contributed by atoms with E-state index in [4.69, 9.17) is 4.74 Å². The van der Waals surface area contributed by atoms with Crippen LogP contribution < -0.4 is 5.32 Å². The quantitative estimate of drug-likeness (QED) is 0.839. The number of nitrogens with zero attached hydrogens (tertiary/aromatic N) is 1. The van der Waals surface area contributed by atoms with Crippen LogP contribution in [0.5, 0.6) is 0 Å². The summed E-state index contributed by atoms with van der Waals surface area (Å²) < 4.78 is 5.56. The minimum Gasteiger partial charge on any atom is -0.384 e. The molecule has 2 rings (SSSR count). The van der Waals surface area contributed by atoms with E-state index in [1.165, 1.54) is 51.7 Å². The largest absolute Gasteiger partial charge is 0.384 e. The molecule has 2 saturated heterocycles. The summed E-state index contributed by atoms with van der Waals surface area (Å²) in [6, 6.07) is 0. The zero-order chi connectivity index (χ0) is 14.4. The third-order valence-corrected chi connectivity index (χ3v) is 5.48. The number of rotatable bonds is 5. The molecule has 0 aromatic heterocycles. The molecule has 3 heteroatoms. The Kier molecular flexibility index (Phi) is 6.31. The molecule has 118 valence electrons. The first-order valence-corrected chi connectivity index (χ1v) is 8.57. The normalized spacial score (nSPS) is 28.5. The lowest BCUT2D eigenvalue weighted by molar-refractivity contribution is 0.0228. The molecular weight excluding hydrogens is 248 g/mol. The average Bonchev–Trinajstić information content (AvgIpc) is 2.65. The summed E-state index contributed by atoms with van der Waals surface area (Å²) in [6.07, 6.45) is 6.73. The zero-order valence-electron chi connectivity index (χ0n) is 13.8. The molecule has 0 spiro atoms. The molecule has 0 saturated carbocycles. The Balaban J connectivity index is 1.90. The van der Waals surface area contributed by atoms with Gasteiger partial charge in [-0.25, -0.2) is 0 Å². The molecule has 0 amide bonds. The molecular formula is C17H34N2O. The van der Waals surface area contributed by atoms with E-state index in [0.717, 1.165) is 31.5 Å². The molecule has 0 bridgehead atoms. The summed E-state index contributed by atoms with van der Waals surface area (Å²) in [4.78, 5) is 2.73. The van der Waals surface area contributed by atoms with Crippen LogP contribution in [0.25, 0.3) is 0 Å². The SMILES string of the molecule is COCC1(CN2CCCC(C(C)C)CC2)CCNCC1. The van der Waals surface area contributed by atoms with Gasteiger partial charge in [-0.1, -0.05) is 13.8 Å². The minimum atomic E-state index is 0.400. The van der Waals surface area contributed by atoms with E-state index in [0.29, 0.717) is 5.41 Å². The molecule has 2 aliphatic rings. The Morgan fingerprint density at radius 2 is 1.95 bits per heavy atom. The summed E-state index contributed by atoms with van der Waals surface area (Å²) >= 11 is 0. The van der Waals surface area contributed by atoms with Gasteiger partial charge in [-0.3, -0.25) is 0 Å². The van der Waals surface area contributed by atoms with Crippen molar-refractivity contribution in [3.05, 3.63) is 0 Å². The van der Waals surface area contributed by atoms with Crippen molar-refractivity contribution >= 4 is 0 Å². The maximum Gasteiger partial charge on any atom is 0.0531 e. The van der Waals surface area contributed by atoms with Gasteiger partial charge >= 0.3 is 0 Å². The first-order chi connectivity index (χ1) is 9.65. The van der Waals surface area contributed by atoms with Crippen LogP contribution in [-0.4, -0.2) is 51.3 Å². The molecule has 1 N–H and O–H groups in total. The zero-order valence-corrected chi connectivity index (χ0v) is 13.8. The first kappa shape index (κ1) is 16.3. The van der Waals surface area contributed by atoms with Gasteiger partial charge < -0.3 is 15.0 Å². The molecule has 1 atom stereocenters. The van der Waals surface area contributed by atoms with E-state index in [-0.39, 0.29) is 0 Å². The molecule has 1 unspecified atom stereocenters. The van der Waals surface area contributed by atoms with Crippen molar-refractivity contribution in [3.8, 4) is 0 Å². The molecule has 2 heterocycles. The standard InChI is InChI=1S/C17H34N2O/c1-15(2)16-5-4-11-19(12-6-16)13-17(14-20-3)7-9-18-10-8-17/h15-16,18H,4-14H2,1-3H3. The van der Waals surface area contributed by atoms with Crippen LogP contribution in [0.4, 0.5) is 0 Å². The summed E-state index contributed by atoms with van der Waals surface area (Å²) in [6.45, 7) is 11.9. The van der Waals surface area contributed by atoms with Gasteiger partial charge in [0.05, 0.1) is 6.61 Å². The molecule has 0 aromatic rings. The number of hydrogen-bond donors (Lipinski definition) is 1. The lowest BCUT2D eigenvalue weighted by Crippen LogP contribution is -2.47. The van der Waals surface area contributed by atoms with Crippen molar-refractivity contribution in [1.29, 1.82) is 0 Å². The Morgan fingerprint density at radius 1 is 1.20 bits per heavy atom. The van der Waals surface area contributed by atoms with E-state index in [9.17, 15) is 0 Å². The fraction of sp³-hybridized carbons (Fsp3) is 1.00. The second kappa shape index (κ2) is 7.77. The highest BCUT2D eigenvalue weighted by Gasteiger charge is 2.34. The lowest BCUT2D eigenvalue weighted by Gasteiger charge is -2.40. The third kappa shape index (κ3) is 4.44. The minimum absolute atomic E-state index is 0.400. The van der Waals surface area contributed by atoms with E-state index in [1.807, 2.05) is 7.11 Å². The van der Waals surface area contributed by atoms with Crippen molar-refractivity contribution in [3.63, 3.8) is 0 Å². The third-order valence-electron chi connectivity index (χ3n) is 5.48. The highest BCUT2D eigenvalue weighted by molar-refractivity contribution is 4.88. The lowest BCUT2D eigenvalue weighted by atomic mass is 9.79. The van der Waals surface area contributed by atoms with Crippen LogP contribution in [0.15, 0.2) is 0 Å². The number of ether oxygens (including phenoxy) is 1. The highest BCUT2D eigenvalue weighted by Crippen LogP contribution is 2.32. The second-order valence-corrected chi connectivity index (χ2v) is 7.39. The summed E-state index contributed by atoms with van der Waals surface area (Å²) in [7, 11) is 1.86. The average molecular weight is 282 g/mol. The number of hydrogen-bond acceptors (Lipinski definition) is 3. The van der Waals surface area contributed by atoms with Crippen LogP contribution in [0.3, 0.4) is 0 Å². The van der Waals surface area contributed by atoms with Gasteiger partial charge in [-0.2, -0.15) is 0 Å². The predicted molar refractivity (Wildman–Crippen MR) is 85.0 cm³/mol. The molecule has 2 fully saturated rings. The van der Waals surface area contributed by atoms with Gasteiger partial charge in [0.2, 0.25) is 0 Å². The summed E-state index contributed by atoms with van der Waals surface area (Å²) in [5, 5.41) is 3.50. The van der Waals surface area contributed by atoms with Crippen molar-refractivity contribution in [2.75, 3.05) is 46.4 Å². The summed E-state index contributed by atoms with van der Waals surface area (Å²) in [5.41, 5.74) is 0.400. The highest BCUT2D eigenvalue weighted by atomic mass is 16.5. The van der Waals surface area contributed by atoms with E-state index >= 15 is 0 Å². The number of methoxy groups -OCH3 is 1. The van der Waals surface area contributed by atoms with Gasteiger partial charge in [0, 0.05) is 19.1 Å². The maximum atomic E-state index is 5.56. The second-order valence-electron chi connectivity index (χ2n) is 7.39. The molecule has 0 radical (unpaired) electrons. The predicted octanol–water partition coefficient (Wildman–Crippen LogP) is 2.76. The van der Waals surface area contributed by atoms with Gasteiger partial charge in [0.25, 0.3) is 0 Å². The monoisotopic (exact) mass is 282 g/mol. The van der Waals surface area contributed by atoms with Crippen molar-refractivity contribution in [2.24, 2.45) is 17.3 Å². The van der Waals surface area contributed by atoms with Crippen LogP contribution in [0.2, 0.25) is 0 Å². The fourth-order valence-electron chi connectivity index (χ4n) is 4.09. The number of piperidine rings is 1.